The van der Waals surface area contributed by atoms with Crippen LogP contribution in [0.4, 0.5) is 5.82 Å². The van der Waals surface area contributed by atoms with Gasteiger partial charge >= 0.3 is 0 Å². The van der Waals surface area contributed by atoms with Gasteiger partial charge < -0.3 is 15.8 Å². The molecule has 7 nitrogen and oxygen atoms in total. The number of hydrogen-bond acceptors (Lipinski definition) is 5. The highest BCUT2D eigenvalue weighted by Crippen LogP contribution is 2.35. The first kappa shape index (κ1) is 21.7. The largest absolute Gasteiger partial charge is 0.382 e. The number of piperidine rings is 1. The first-order chi connectivity index (χ1) is 16.7. The van der Waals surface area contributed by atoms with Crippen molar-refractivity contribution in [2.75, 3.05) is 18.8 Å². The molecule has 174 valence electrons. The molecule has 0 radical (unpaired) electrons. The van der Waals surface area contributed by atoms with Crippen LogP contribution in [0.1, 0.15) is 31.0 Å². The molecule has 0 amide bonds. The molecule has 1 aromatic carbocycles. The number of fused-ring (bicyclic) bond motifs is 2. The molecule has 2 aliphatic rings. The van der Waals surface area contributed by atoms with Crippen molar-refractivity contribution in [3.63, 3.8) is 0 Å². The van der Waals surface area contributed by atoms with Gasteiger partial charge in [0.25, 0.3) is 0 Å². The monoisotopic (exact) mass is 566 g/mol. The summed E-state index contributed by atoms with van der Waals surface area (Å²) in [4.78, 5) is 15.2. The Hall–Kier alpha value is -2.82. The fourth-order valence-corrected chi connectivity index (χ4v) is 6.61. The minimum atomic E-state index is -0.433. The molecule has 0 spiro atoms. The van der Waals surface area contributed by atoms with Gasteiger partial charge in [-0.25, -0.2) is 9.97 Å². The quantitative estimate of drug-likeness (QED) is 0.308. The Kier molecular flexibility index (Phi) is 5.80. The average Bonchev–Trinajstić information content (AvgIpc) is 3.47. The summed E-state index contributed by atoms with van der Waals surface area (Å²) in [6.07, 6.45) is 10.1. The van der Waals surface area contributed by atoms with Gasteiger partial charge in [0.05, 0.1) is 5.69 Å². The Balaban J connectivity index is 1.27. The van der Waals surface area contributed by atoms with Gasteiger partial charge in [-0.3, -0.25) is 9.30 Å². The number of nitrogens with two attached hydrogens (primary N) is 1. The first-order valence-corrected chi connectivity index (χ1v) is 14.1. The fraction of sp³-hybridized carbons (Fsp3) is 0.269. The van der Waals surface area contributed by atoms with E-state index in [9.17, 15) is 5.11 Å². The third kappa shape index (κ3) is 3.99. The number of rotatable bonds is 5. The van der Waals surface area contributed by atoms with Crippen LogP contribution in [0.15, 0.2) is 64.5 Å². The second kappa shape index (κ2) is 9.09. The van der Waals surface area contributed by atoms with Crippen molar-refractivity contribution in [3.05, 3.63) is 70.4 Å². The number of aliphatic hydroxyl groups excluding tert-OH is 1. The lowest BCUT2D eigenvalue weighted by atomic mass is 9.95. The molecule has 1 fully saturated rings. The highest BCUT2D eigenvalue weighted by molar-refractivity contribution is 14.2. The zero-order valence-electron chi connectivity index (χ0n) is 18.7. The van der Waals surface area contributed by atoms with Crippen LogP contribution in [0.2, 0.25) is 0 Å². The number of nitrogens with zero attached hydrogens (tertiary/aromatic N) is 4. The van der Waals surface area contributed by atoms with E-state index in [4.69, 9.17) is 10.7 Å². The van der Waals surface area contributed by atoms with Crippen molar-refractivity contribution in [2.24, 2.45) is 0 Å². The molecule has 34 heavy (non-hydrogen) atoms. The molecule has 1 unspecified atom stereocenters. The van der Waals surface area contributed by atoms with Crippen LogP contribution >= 0.6 is 20.7 Å². The number of nitrogens with one attached hydrogen (secondary N) is 1. The van der Waals surface area contributed by atoms with Crippen molar-refractivity contribution < 1.29 is 5.11 Å². The van der Waals surface area contributed by atoms with Crippen molar-refractivity contribution in [1.29, 1.82) is 0 Å². The maximum atomic E-state index is 10.8. The van der Waals surface area contributed by atoms with Crippen LogP contribution in [0.3, 0.4) is 0 Å². The lowest BCUT2D eigenvalue weighted by Gasteiger charge is -2.34. The van der Waals surface area contributed by atoms with E-state index in [-0.39, 0.29) is 20.7 Å². The van der Waals surface area contributed by atoms with Gasteiger partial charge in [-0.2, -0.15) is 0 Å². The Bertz CT molecular complexity index is 1410. The van der Waals surface area contributed by atoms with Gasteiger partial charge in [-0.15, -0.1) is 0 Å². The molecule has 4 N–H and O–H groups in total. The third-order valence-electron chi connectivity index (χ3n) is 6.79. The van der Waals surface area contributed by atoms with E-state index in [0.29, 0.717) is 18.2 Å². The molecule has 0 saturated carbocycles. The third-order valence-corrected chi connectivity index (χ3v) is 8.78. The van der Waals surface area contributed by atoms with Crippen LogP contribution in [0, 0.1) is 0 Å². The Labute approximate surface area is 207 Å². The van der Waals surface area contributed by atoms with Gasteiger partial charge in [0.2, 0.25) is 0 Å². The minimum Gasteiger partial charge on any atom is -0.382 e. The van der Waals surface area contributed by atoms with Crippen LogP contribution in [-0.2, 0) is 0 Å². The van der Waals surface area contributed by atoms with E-state index in [2.05, 4.69) is 57.7 Å². The predicted molar refractivity (Wildman–Crippen MR) is 146 cm³/mol. The molecular formula is C26H27IN6O. The Morgan fingerprint density at radius 3 is 2.88 bits per heavy atom. The van der Waals surface area contributed by atoms with E-state index in [1.807, 2.05) is 18.3 Å². The van der Waals surface area contributed by atoms with Gasteiger partial charge in [-0.05, 0) is 38.6 Å². The summed E-state index contributed by atoms with van der Waals surface area (Å²) in [6, 6.07) is 10.4. The zero-order valence-corrected chi connectivity index (χ0v) is 20.9. The summed E-state index contributed by atoms with van der Waals surface area (Å²) in [7, 11) is 0. The number of H-pyrrole nitrogens is 1. The summed E-state index contributed by atoms with van der Waals surface area (Å²) >= 11 is 0.00870. The zero-order chi connectivity index (χ0) is 23.1. The van der Waals surface area contributed by atoms with E-state index < -0.39 is 6.23 Å². The molecule has 0 aliphatic carbocycles. The van der Waals surface area contributed by atoms with Crippen LogP contribution in [0.5, 0.6) is 0 Å². The van der Waals surface area contributed by atoms with E-state index >= 15 is 0 Å². The molecule has 8 heteroatoms. The highest BCUT2D eigenvalue weighted by atomic mass is 127. The number of aromatic amines is 1. The van der Waals surface area contributed by atoms with Gasteiger partial charge in [-0.1, -0.05) is 51.1 Å². The summed E-state index contributed by atoms with van der Waals surface area (Å²) in [6.45, 7) is 1.70. The standard InChI is InChI=1S/C26H27IN6O/c28-25-24-23(21-15-19-5-1-2-6-20(19)30-21)31-26(33(24)13-10-29-25)18-7-11-32(12-8-18)22(34)14-17-4-3-9-27-16-17/h1-6,9-10,13,15-16,18,22,30,34H,7-8,11-12,14H2,(H2,28,29). The molecule has 5 heterocycles. The summed E-state index contributed by atoms with van der Waals surface area (Å²) < 4.78 is 6.65. The topological polar surface area (TPSA) is 95.5 Å². The van der Waals surface area contributed by atoms with Crippen LogP contribution in [0.25, 0.3) is 27.8 Å². The summed E-state index contributed by atoms with van der Waals surface area (Å²) in [5, 5.41) is 12.0. The number of imidazole rings is 1. The summed E-state index contributed by atoms with van der Waals surface area (Å²) in [5.41, 5.74) is 11.3. The number of para-hydroxylation sites is 1. The molecule has 2 aliphatic heterocycles. The van der Waals surface area contributed by atoms with Crippen LogP contribution < -0.4 is 5.73 Å². The SMILES string of the molecule is Nc1nccn2c(C3CCN(C(O)CC4=CC=CI=C4)CC3)nc(-c3cc4ccccc4[nH]3)c12. The predicted octanol–water partition coefficient (Wildman–Crippen LogP) is 4.57. The van der Waals surface area contributed by atoms with E-state index in [1.165, 1.54) is 5.57 Å². The number of nitrogen functional groups attached to an aromatic ring is 1. The molecule has 4 aromatic rings. The number of halogens is 1. The highest BCUT2D eigenvalue weighted by Gasteiger charge is 2.29. The van der Waals surface area contributed by atoms with Crippen molar-refractivity contribution >= 4 is 47.0 Å². The first-order valence-electron chi connectivity index (χ1n) is 11.6. The second-order valence-corrected chi connectivity index (χ2v) is 11.0. The fourth-order valence-electron chi connectivity index (χ4n) is 5.03. The molecule has 1 atom stereocenters. The van der Waals surface area contributed by atoms with Crippen molar-refractivity contribution in [2.45, 2.75) is 31.4 Å². The molecule has 6 rings (SSSR count). The number of aliphatic hydroxyl groups is 1. The van der Waals surface area contributed by atoms with Gasteiger partial charge in [0.1, 0.15) is 29.1 Å². The van der Waals surface area contributed by atoms with E-state index in [0.717, 1.165) is 59.6 Å². The molecule has 0 bridgehead atoms. The Morgan fingerprint density at radius 1 is 1.24 bits per heavy atom. The molecular weight excluding hydrogens is 539 g/mol. The van der Waals surface area contributed by atoms with E-state index in [1.54, 1.807) is 6.20 Å². The summed E-state index contributed by atoms with van der Waals surface area (Å²) in [5.74, 6) is 1.80. The number of aromatic nitrogens is 4. The van der Waals surface area contributed by atoms with Crippen molar-refractivity contribution in [3.8, 4) is 11.4 Å². The maximum absolute atomic E-state index is 10.8. The molecule has 1 saturated heterocycles. The normalized spacial score (nSPS) is 18.3. The van der Waals surface area contributed by atoms with Crippen molar-refractivity contribution in [1.82, 2.24) is 24.3 Å². The second-order valence-electron chi connectivity index (χ2n) is 8.91. The van der Waals surface area contributed by atoms with Gasteiger partial charge in [0.15, 0.2) is 0 Å². The number of hydrogen-bond donors (Lipinski definition) is 3. The number of benzene rings is 1. The maximum Gasteiger partial charge on any atom is 0.150 e. The molecule has 3 aromatic heterocycles. The lowest BCUT2D eigenvalue weighted by Crippen LogP contribution is -2.41. The van der Waals surface area contributed by atoms with Gasteiger partial charge in [0, 0.05) is 48.7 Å². The minimum absolute atomic E-state index is 0.00870. The van der Waals surface area contributed by atoms with Crippen LogP contribution in [-0.4, -0.2) is 52.7 Å². The average molecular weight is 566 g/mol. The smallest absolute Gasteiger partial charge is 0.150 e. The number of allylic oxidation sites excluding steroid dienone is 2. The number of anilines is 1. The lowest BCUT2D eigenvalue weighted by molar-refractivity contribution is -0.00974. The Morgan fingerprint density at radius 2 is 2.09 bits per heavy atom. The number of likely N-dealkylation sites (tertiary alicyclic amines) is 1.